The molecule has 196 valence electrons. The number of pyridine rings is 1. The number of aromatic nitrogens is 1. The van der Waals surface area contributed by atoms with Gasteiger partial charge in [0, 0.05) is 33.5 Å². The van der Waals surface area contributed by atoms with Gasteiger partial charge in [0.2, 0.25) is 11.5 Å². The number of nitrogens with zero attached hydrogens (tertiary/aromatic N) is 1. The average molecular weight is 574 g/mol. The number of carbonyl (C=O) groups excluding carboxylic acids is 3. The van der Waals surface area contributed by atoms with Crippen LogP contribution in [0.1, 0.15) is 38.2 Å². The number of rotatable bonds is 6. The number of halogens is 3. The second-order valence-corrected chi connectivity index (χ2v) is 10.9. The maximum Gasteiger partial charge on any atom is 0.303 e. The zero-order chi connectivity index (χ0) is 27.8. The standard InChI is InChI=1S/C28H23Cl3N2O5/c1-14(34)37-13-22(35)32-24-20-12-19(15-5-7-16(29)8-6-15)23(18-10-9-17(30)11-21(18)31)33-27(20)38-25(24)26(36)28(2,3)4/h5-12H,13H2,1-4H3,(H,32,35). The second-order valence-electron chi connectivity index (χ2n) is 9.58. The third kappa shape index (κ3) is 5.85. The minimum Gasteiger partial charge on any atom is -0.456 e. The fourth-order valence-electron chi connectivity index (χ4n) is 3.73. The smallest absolute Gasteiger partial charge is 0.303 e. The number of benzene rings is 2. The first kappa shape index (κ1) is 27.6. The normalized spacial score (nSPS) is 11.4. The van der Waals surface area contributed by atoms with E-state index in [9.17, 15) is 14.4 Å². The van der Waals surface area contributed by atoms with Crippen molar-refractivity contribution in [2.45, 2.75) is 27.7 Å². The van der Waals surface area contributed by atoms with Crippen molar-refractivity contribution < 1.29 is 23.5 Å². The Hall–Kier alpha value is -3.39. The lowest BCUT2D eigenvalue weighted by molar-refractivity contribution is -0.144. The number of ether oxygens (including phenoxy) is 1. The zero-order valence-corrected chi connectivity index (χ0v) is 23.2. The highest BCUT2D eigenvalue weighted by atomic mass is 35.5. The van der Waals surface area contributed by atoms with E-state index in [1.165, 1.54) is 6.92 Å². The summed E-state index contributed by atoms with van der Waals surface area (Å²) >= 11 is 18.8. The second kappa shape index (κ2) is 10.8. The maximum atomic E-state index is 13.3. The number of hydrogen-bond acceptors (Lipinski definition) is 6. The number of esters is 1. The van der Waals surface area contributed by atoms with Crippen molar-refractivity contribution in [2.75, 3.05) is 11.9 Å². The highest BCUT2D eigenvalue weighted by Crippen LogP contribution is 2.42. The summed E-state index contributed by atoms with van der Waals surface area (Å²) in [4.78, 5) is 41.9. The molecule has 0 unspecified atom stereocenters. The Morgan fingerprint density at radius 3 is 2.21 bits per heavy atom. The van der Waals surface area contributed by atoms with E-state index in [4.69, 9.17) is 48.9 Å². The van der Waals surface area contributed by atoms with Gasteiger partial charge in [-0.05, 0) is 42.0 Å². The lowest BCUT2D eigenvalue weighted by Crippen LogP contribution is -2.24. The van der Waals surface area contributed by atoms with Crippen LogP contribution in [0, 0.1) is 5.41 Å². The molecule has 2 aromatic carbocycles. The number of anilines is 1. The summed E-state index contributed by atoms with van der Waals surface area (Å²) in [7, 11) is 0. The number of amides is 1. The van der Waals surface area contributed by atoms with Gasteiger partial charge in [-0.3, -0.25) is 14.4 Å². The van der Waals surface area contributed by atoms with Crippen molar-refractivity contribution in [3.63, 3.8) is 0 Å². The lowest BCUT2D eigenvalue weighted by atomic mass is 9.88. The number of furan rings is 1. The third-order valence-electron chi connectivity index (χ3n) is 5.58. The van der Waals surface area contributed by atoms with Gasteiger partial charge >= 0.3 is 5.97 Å². The minimum atomic E-state index is -0.829. The summed E-state index contributed by atoms with van der Waals surface area (Å²) < 4.78 is 10.8. The Bertz CT molecular complexity index is 1570. The molecule has 7 nitrogen and oxygen atoms in total. The van der Waals surface area contributed by atoms with E-state index in [0.717, 1.165) is 5.56 Å². The summed E-state index contributed by atoms with van der Waals surface area (Å²) in [5.74, 6) is -1.67. The molecule has 0 aliphatic carbocycles. The third-order valence-corrected chi connectivity index (χ3v) is 6.38. The van der Waals surface area contributed by atoms with Gasteiger partial charge in [-0.2, -0.15) is 0 Å². The van der Waals surface area contributed by atoms with Gasteiger partial charge in [0.15, 0.2) is 12.4 Å². The zero-order valence-electron chi connectivity index (χ0n) is 20.9. The van der Waals surface area contributed by atoms with E-state index in [1.54, 1.807) is 57.2 Å². The van der Waals surface area contributed by atoms with E-state index < -0.39 is 23.9 Å². The molecule has 0 bridgehead atoms. The van der Waals surface area contributed by atoms with Crippen molar-refractivity contribution >= 4 is 69.2 Å². The van der Waals surface area contributed by atoms with Gasteiger partial charge in [0.25, 0.3) is 5.91 Å². The molecule has 0 radical (unpaired) electrons. The molecule has 4 aromatic rings. The molecule has 10 heteroatoms. The van der Waals surface area contributed by atoms with Crippen LogP contribution in [-0.2, 0) is 14.3 Å². The Balaban J connectivity index is 2.00. The van der Waals surface area contributed by atoms with Gasteiger partial charge in [-0.15, -0.1) is 0 Å². The van der Waals surface area contributed by atoms with Crippen LogP contribution in [0.15, 0.2) is 52.9 Å². The monoisotopic (exact) mass is 572 g/mol. The Labute approximate surface area is 234 Å². The fourth-order valence-corrected chi connectivity index (χ4v) is 4.35. The van der Waals surface area contributed by atoms with Crippen LogP contribution in [0.2, 0.25) is 15.1 Å². The Morgan fingerprint density at radius 2 is 1.61 bits per heavy atom. The number of carbonyl (C=O) groups is 3. The molecule has 0 saturated carbocycles. The number of hydrogen-bond donors (Lipinski definition) is 1. The number of Topliss-reactive ketones (excluding diaryl/α,β-unsaturated/α-hetero) is 1. The van der Waals surface area contributed by atoms with Gasteiger partial charge in [-0.25, -0.2) is 4.98 Å². The first-order valence-corrected chi connectivity index (χ1v) is 12.7. The van der Waals surface area contributed by atoms with Crippen molar-refractivity contribution in [3.8, 4) is 22.4 Å². The van der Waals surface area contributed by atoms with E-state index >= 15 is 0 Å². The SMILES string of the molecule is CC(=O)OCC(=O)Nc1c(C(=O)C(C)(C)C)oc2nc(-c3ccc(Cl)cc3Cl)c(-c3ccc(Cl)cc3)cc12. The van der Waals surface area contributed by atoms with E-state index in [1.807, 2.05) is 12.1 Å². The van der Waals surface area contributed by atoms with Gasteiger partial charge in [0.1, 0.15) is 5.69 Å². The summed E-state index contributed by atoms with van der Waals surface area (Å²) in [5, 5.41) is 4.43. The van der Waals surface area contributed by atoms with Crippen LogP contribution in [0.5, 0.6) is 0 Å². The summed E-state index contributed by atoms with van der Waals surface area (Å²) in [5.41, 5.74) is 1.88. The van der Waals surface area contributed by atoms with Crippen LogP contribution in [0.25, 0.3) is 33.5 Å². The number of nitrogens with one attached hydrogen (secondary N) is 1. The molecule has 0 fully saturated rings. The molecule has 2 heterocycles. The quantitative estimate of drug-likeness (QED) is 0.186. The molecule has 0 spiro atoms. The highest BCUT2D eigenvalue weighted by molar-refractivity contribution is 6.36. The molecule has 2 aromatic heterocycles. The largest absolute Gasteiger partial charge is 0.456 e. The molecule has 1 N–H and O–H groups in total. The molecule has 4 rings (SSSR count). The molecule has 0 aliphatic rings. The highest BCUT2D eigenvalue weighted by Gasteiger charge is 2.32. The van der Waals surface area contributed by atoms with Gasteiger partial charge in [0.05, 0.1) is 16.1 Å². The molecule has 0 saturated heterocycles. The van der Waals surface area contributed by atoms with Crippen LogP contribution < -0.4 is 5.32 Å². The molecule has 1 amide bonds. The minimum absolute atomic E-state index is 0.0717. The van der Waals surface area contributed by atoms with Crippen LogP contribution in [-0.4, -0.2) is 29.3 Å². The maximum absolute atomic E-state index is 13.3. The molecule has 0 aliphatic heterocycles. The number of fused-ring (bicyclic) bond motifs is 1. The first-order chi connectivity index (χ1) is 17.8. The topological polar surface area (TPSA) is 98.5 Å². The van der Waals surface area contributed by atoms with Crippen molar-refractivity contribution in [1.82, 2.24) is 4.98 Å². The van der Waals surface area contributed by atoms with E-state index in [0.29, 0.717) is 37.3 Å². The fraction of sp³-hybridized carbons (Fsp3) is 0.214. The summed E-state index contributed by atoms with van der Waals surface area (Å²) in [6, 6.07) is 13.9. The Morgan fingerprint density at radius 1 is 0.947 bits per heavy atom. The summed E-state index contributed by atoms with van der Waals surface area (Å²) in [6.45, 7) is 5.87. The van der Waals surface area contributed by atoms with E-state index in [-0.39, 0.29) is 22.9 Å². The first-order valence-electron chi connectivity index (χ1n) is 11.5. The van der Waals surface area contributed by atoms with Gasteiger partial charge in [-0.1, -0.05) is 67.7 Å². The lowest BCUT2D eigenvalue weighted by Gasteiger charge is -2.15. The van der Waals surface area contributed by atoms with Crippen molar-refractivity contribution in [3.05, 3.63) is 69.4 Å². The molecule has 38 heavy (non-hydrogen) atoms. The van der Waals surface area contributed by atoms with Crippen LogP contribution in [0.4, 0.5) is 5.69 Å². The van der Waals surface area contributed by atoms with Crippen LogP contribution >= 0.6 is 34.8 Å². The van der Waals surface area contributed by atoms with Gasteiger partial charge < -0.3 is 14.5 Å². The summed E-state index contributed by atoms with van der Waals surface area (Å²) in [6.07, 6.45) is 0. The Kier molecular flexibility index (Phi) is 7.83. The predicted octanol–water partition coefficient (Wildman–Crippen LogP) is 7.85. The molecular formula is C28H23Cl3N2O5. The molecule has 0 atom stereocenters. The van der Waals surface area contributed by atoms with Crippen LogP contribution in [0.3, 0.4) is 0 Å². The number of ketones is 1. The molecular weight excluding hydrogens is 551 g/mol. The van der Waals surface area contributed by atoms with Crippen molar-refractivity contribution in [1.29, 1.82) is 0 Å². The predicted molar refractivity (Wildman–Crippen MR) is 149 cm³/mol. The van der Waals surface area contributed by atoms with Crippen molar-refractivity contribution in [2.24, 2.45) is 5.41 Å². The average Bonchev–Trinajstić information content (AvgIpc) is 3.18. The van der Waals surface area contributed by atoms with E-state index in [2.05, 4.69) is 5.32 Å².